The van der Waals surface area contributed by atoms with Gasteiger partial charge in [0.05, 0.1) is 4.90 Å². The molecular formula is C12H15Cl2NO4S2. The lowest BCUT2D eigenvalue weighted by Gasteiger charge is -2.11. The van der Waals surface area contributed by atoms with E-state index in [9.17, 15) is 17.4 Å². The summed E-state index contributed by atoms with van der Waals surface area (Å²) >= 11 is 5.83. The second-order valence-electron chi connectivity index (χ2n) is 4.20. The van der Waals surface area contributed by atoms with E-state index < -0.39 is 25.8 Å². The molecule has 0 spiro atoms. The van der Waals surface area contributed by atoms with Gasteiger partial charge >= 0.3 is 0 Å². The van der Waals surface area contributed by atoms with Gasteiger partial charge in [-0.15, -0.1) is 0 Å². The number of rotatable bonds is 6. The van der Waals surface area contributed by atoms with Crippen LogP contribution in [0.5, 0.6) is 0 Å². The first-order chi connectivity index (χ1) is 9.66. The van der Waals surface area contributed by atoms with Gasteiger partial charge in [-0.05, 0) is 24.6 Å². The molecule has 0 fully saturated rings. The zero-order valence-electron chi connectivity index (χ0n) is 11.5. The first kappa shape index (κ1) is 18.4. The molecule has 118 valence electrons. The van der Waals surface area contributed by atoms with Gasteiger partial charge in [0.25, 0.3) is 15.0 Å². The summed E-state index contributed by atoms with van der Waals surface area (Å²) in [5.74, 6) is 0.369. The van der Waals surface area contributed by atoms with E-state index in [1.54, 1.807) is 6.92 Å². The Morgan fingerprint density at radius 1 is 1.38 bits per heavy atom. The number of amides is 1. The Balaban J connectivity index is 3.00. The minimum absolute atomic E-state index is 0.0992. The highest BCUT2D eigenvalue weighted by Gasteiger charge is 2.20. The molecule has 21 heavy (non-hydrogen) atoms. The van der Waals surface area contributed by atoms with Crippen molar-refractivity contribution in [3.63, 3.8) is 0 Å². The average Bonchev–Trinajstić information content (AvgIpc) is 2.39. The minimum atomic E-state index is -3.99. The van der Waals surface area contributed by atoms with Gasteiger partial charge in [0.2, 0.25) is 0 Å². The molecule has 5 nitrogen and oxygen atoms in total. The Labute approximate surface area is 135 Å². The molecule has 1 aromatic carbocycles. The maximum Gasteiger partial charge on any atom is 0.261 e. The molecule has 0 aliphatic carbocycles. The summed E-state index contributed by atoms with van der Waals surface area (Å²) < 4.78 is 34.2. The average molecular weight is 372 g/mol. The number of hydrogen-bond donors (Lipinski definition) is 1. The van der Waals surface area contributed by atoms with Crippen molar-refractivity contribution in [2.24, 2.45) is 0 Å². The largest absolute Gasteiger partial charge is 0.351 e. The van der Waals surface area contributed by atoms with E-state index >= 15 is 0 Å². The highest BCUT2D eigenvalue weighted by Crippen LogP contribution is 2.26. The van der Waals surface area contributed by atoms with Crippen LogP contribution in [0.4, 0.5) is 0 Å². The number of halogens is 2. The number of nitrogens with one attached hydrogen (secondary N) is 1. The Bertz CT molecular complexity index is 674. The normalized spacial score (nSPS) is 13.0. The quantitative estimate of drug-likeness (QED) is 0.776. The Kier molecular flexibility index (Phi) is 6.65. The molecule has 9 heteroatoms. The molecule has 0 saturated heterocycles. The van der Waals surface area contributed by atoms with Crippen LogP contribution >= 0.6 is 22.3 Å². The van der Waals surface area contributed by atoms with Gasteiger partial charge in [0.15, 0.2) is 0 Å². The van der Waals surface area contributed by atoms with Gasteiger partial charge < -0.3 is 5.32 Å². The molecule has 1 rings (SSSR count). The fraction of sp³-hybridized carbons (Fsp3) is 0.417. The molecule has 1 amide bonds. The van der Waals surface area contributed by atoms with Crippen LogP contribution in [0.25, 0.3) is 0 Å². The fourth-order valence-electron chi connectivity index (χ4n) is 1.66. The summed E-state index contributed by atoms with van der Waals surface area (Å²) in [5, 5.41) is 2.68. The van der Waals surface area contributed by atoms with Crippen molar-refractivity contribution >= 4 is 48.0 Å². The lowest BCUT2D eigenvalue weighted by molar-refractivity contribution is 0.0955. The topological polar surface area (TPSA) is 80.3 Å². The highest BCUT2D eigenvalue weighted by atomic mass is 35.7. The standard InChI is InChI=1S/C12H15Cl2NO4S2/c1-3-20(17)5-4-15-12(16)10-6-9(13)7-11(8(10)2)21(14,18)19/h6-7H,3-5H2,1-2H3,(H,15,16). The van der Waals surface area contributed by atoms with Gasteiger partial charge in [-0.2, -0.15) is 0 Å². The molecule has 0 aromatic heterocycles. The molecule has 1 N–H and O–H groups in total. The highest BCUT2D eigenvalue weighted by molar-refractivity contribution is 8.13. The maximum atomic E-state index is 12.1. The third-order valence-corrected chi connectivity index (χ3v) is 5.74. The van der Waals surface area contributed by atoms with Crippen LogP contribution in [-0.4, -0.2) is 36.6 Å². The third-order valence-electron chi connectivity index (χ3n) is 2.77. The lowest BCUT2D eigenvalue weighted by atomic mass is 10.1. The van der Waals surface area contributed by atoms with Gasteiger partial charge in [-0.1, -0.05) is 18.5 Å². The molecule has 0 heterocycles. The predicted molar refractivity (Wildman–Crippen MR) is 85.1 cm³/mol. The van der Waals surface area contributed by atoms with Crippen molar-refractivity contribution in [2.45, 2.75) is 18.7 Å². The van der Waals surface area contributed by atoms with Gasteiger partial charge in [-0.25, -0.2) is 8.42 Å². The first-order valence-corrected chi connectivity index (χ1v) is 10.2. The van der Waals surface area contributed by atoms with Gasteiger partial charge in [0, 0.05) is 50.1 Å². The summed E-state index contributed by atoms with van der Waals surface area (Å²) in [4.78, 5) is 11.9. The smallest absolute Gasteiger partial charge is 0.261 e. The van der Waals surface area contributed by atoms with E-state index in [1.165, 1.54) is 19.1 Å². The van der Waals surface area contributed by atoms with E-state index in [-0.39, 0.29) is 27.6 Å². The van der Waals surface area contributed by atoms with Crippen LogP contribution in [0, 0.1) is 6.92 Å². The van der Waals surface area contributed by atoms with E-state index in [0.29, 0.717) is 11.5 Å². The molecule has 1 unspecified atom stereocenters. The second kappa shape index (κ2) is 7.58. The Morgan fingerprint density at radius 3 is 2.52 bits per heavy atom. The number of carbonyl (C=O) groups is 1. The van der Waals surface area contributed by atoms with Crippen LogP contribution in [0.15, 0.2) is 17.0 Å². The summed E-state index contributed by atoms with van der Waals surface area (Å²) in [6, 6.07) is 2.57. The van der Waals surface area contributed by atoms with E-state index in [2.05, 4.69) is 5.32 Å². The van der Waals surface area contributed by atoms with E-state index in [4.69, 9.17) is 22.3 Å². The first-order valence-electron chi connectivity index (χ1n) is 6.04. The second-order valence-corrected chi connectivity index (χ2v) is 9.04. The molecule has 0 aliphatic heterocycles. The molecule has 0 saturated carbocycles. The number of hydrogen-bond acceptors (Lipinski definition) is 4. The Morgan fingerprint density at radius 2 is 2.00 bits per heavy atom. The maximum absolute atomic E-state index is 12.1. The van der Waals surface area contributed by atoms with Crippen molar-refractivity contribution < 1.29 is 17.4 Å². The molecule has 1 aromatic rings. The van der Waals surface area contributed by atoms with Gasteiger partial charge in [0.1, 0.15) is 0 Å². The van der Waals surface area contributed by atoms with Crippen molar-refractivity contribution in [1.82, 2.24) is 5.32 Å². The van der Waals surface area contributed by atoms with Crippen LogP contribution in [0.2, 0.25) is 5.02 Å². The molecule has 0 aliphatic rings. The Hall–Kier alpha value is -0.630. The van der Waals surface area contributed by atoms with Crippen molar-refractivity contribution in [2.75, 3.05) is 18.1 Å². The third kappa shape index (κ3) is 5.25. The fourth-order valence-corrected chi connectivity index (χ4v) is 3.79. The van der Waals surface area contributed by atoms with Crippen LogP contribution in [-0.2, 0) is 19.9 Å². The molecule has 1 atom stereocenters. The zero-order chi connectivity index (χ0) is 16.2. The van der Waals surface area contributed by atoms with Crippen LogP contribution < -0.4 is 5.32 Å². The lowest BCUT2D eigenvalue weighted by Crippen LogP contribution is -2.28. The summed E-state index contributed by atoms with van der Waals surface area (Å²) in [6.07, 6.45) is 0. The summed E-state index contributed by atoms with van der Waals surface area (Å²) in [5.41, 5.74) is 0.354. The monoisotopic (exact) mass is 371 g/mol. The van der Waals surface area contributed by atoms with E-state index in [0.717, 1.165) is 0 Å². The zero-order valence-corrected chi connectivity index (χ0v) is 14.6. The van der Waals surface area contributed by atoms with Gasteiger partial charge in [-0.3, -0.25) is 9.00 Å². The molecular weight excluding hydrogens is 357 g/mol. The van der Waals surface area contributed by atoms with E-state index in [1.807, 2.05) is 0 Å². The van der Waals surface area contributed by atoms with Crippen molar-refractivity contribution in [1.29, 1.82) is 0 Å². The minimum Gasteiger partial charge on any atom is -0.351 e. The molecule has 0 bridgehead atoms. The summed E-state index contributed by atoms with van der Waals surface area (Å²) in [7, 11) is 0.342. The number of carbonyl (C=O) groups excluding carboxylic acids is 1. The SMILES string of the molecule is CCS(=O)CCNC(=O)c1cc(Cl)cc(S(=O)(=O)Cl)c1C. The summed E-state index contributed by atoms with van der Waals surface area (Å²) in [6.45, 7) is 3.50. The molecule has 0 radical (unpaired) electrons. The van der Waals surface area contributed by atoms with Crippen LogP contribution in [0.1, 0.15) is 22.8 Å². The predicted octanol–water partition coefficient (Wildman–Crippen LogP) is 2.07. The van der Waals surface area contributed by atoms with Crippen molar-refractivity contribution in [3.8, 4) is 0 Å². The van der Waals surface area contributed by atoms with Crippen molar-refractivity contribution in [3.05, 3.63) is 28.3 Å². The number of benzene rings is 1. The van der Waals surface area contributed by atoms with Crippen LogP contribution in [0.3, 0.4) is 0 Å².